The highest BCUT2D eigenvalue weighted by Gasteiger charge is 2.49. The van der Waals surface area contributed by atoms with Gasteiger partial charge in [-0.3, -0.25) is 9.78 Å². The first-order valence-corrected chi connectivity index (χ1v) is 10.3. The molecule has 1 aromatic carbocycles. The summed E-state index contributed by atoms with van der Waals surface area (Å²) < 4.78 is 13.4. The highest BCUT2D eigenvalue weighted by atomic mass is 35.5. The van der Waals surface area contributed by atoms with Crippen LogP contribution in [-0.2, 0) is 6.54 Å². The van der Waals surface area contributed by atoms with E-state index in [-0.39, 0.29) is 23.0 Å². The third-order valence-electron chi connectivity index (χ3n) is 5.98. The van der Waals surface area contributed by atoms with E-state index in [0.29, 0.717) is 31.5 Å². The van der Waals surface area contributed by atoms with Crippen LogP contribution in [0.1, 0.15) is 47.3 Å². The summed E-state index contributed by atoms with van der Waals surface area (Å²) in [6.45, 7) is 3.05. The van der Waals surface area contributed by atoms with Gasteiger partial charge in [0.05, 0.1) is 16.3 Å². The molecule has 0 spiro atoms. The summed E-state index contributed by atoms with van der Waals surface area (Å²) in [4.78, 5) is 19.2. The predicted molar refractivity (Wildman–Crippen MR) is 109 cm³/mol. The van der Waals surface area contributed by atoms with Crippen molar-refractivity contribution in [3.63, 3.8) is 0 Å². The number of nitrogens with zero attached hydrogens (tertiary/aromatic N) is 2. The van der Waals surface area contributed by atoms with Gasteiger partial charge in [-0.1, -0.05) is 17.7 Å². The molecule has 3 heterocycles. The third-order valence-corrected chi connectivity index (χ3v) is 6.27. The fraction of sp³-hybridized carbons (Fsp3) is 0.455. The quantitative estimate of drug-likeness (QED) is 0.781. The number of hydrogen-bond donors (Lipinski definition) is 2. The Kier molecular flexibility index (Phi) is 5.60. The van der Waals surface area contributed by atoms with Gasteiger partial charge < -0.3 is 15.3 Å². The van der Waals surface area contributed by atoms with Gasteiger partial charge in [-0.2, -0.15) is 0 Å². The summed E-state index contributed by atoms with van der Waals surface area (Å²) >= 11 is 5.85. The van der Waals surface area contributed by atoms with Crippen molar-refractivity contribution in [3.8, 4) is 0 Å². The maximum Gasteiger partial charge on any atom is 0.254 e. The summed E-state index contributed by atoms with van der Waals surface area (Å²) in [6, 6.07) is 8.04. The summed E-state index contributed by atoms with van der Waals surface area (Å²) in [5.41, 5.74) is 1.59. The molecule has 7 heteroatoms. The standard InChI is InChI=1S/C22H25ClFN3O2/c1-14-2-4-16(26-11-14)12-25-13-22(29)9-17-5-6-18(10-22)27(17)21(28)15-3-7-20(24)19(23)8-15/h2-4,7-8,11,17-18,25,29H,5-6,9-10,12-13H2,1H3/t17-,18+,22?. The Labute approximate surface area is 174 Å². The van der Waals surface area contributed by atoms with Crippen molar-refractivity contribution in [3.05, 3.63) is 64.2 Å². The lowest BCUT2D eigenvalue weighted by molar-refractivity contribution is -0.0420. The Morgan fingerprint density at radius 1 is 1.31 bits per heavy atom. The maximum atomic E-state index is 13.4. The number of benzene rings is 1. The lowest BCUT2D eigenvalue weighted by Gasteiger charge is -2.44. The molecule has 29 heavy (non-hydrogen) atoms. The van der Waals surface area contributed by atoms with E-state index in [1.54, 1.807) is 0 Å². The van der Waals surface area contributed by atoms with Crippen molar-refractivity contribution in [1.82, 2.24) is 15.2 Å². The Morgan fingerprint density at radius 2 is 2.03 bits per heavy atom. The molecule has 0 saturated carbocycles. The molecule has 2 fully saturated rings. The first kappa shape index (κ1) is 20.3. The molecule has 2 aromatic rings. The van der Waals surface area contributed by atoms with Gasteiger partial charge in [-0.25, -0.2) is 4.39 Å². The van der Waals surface area contributed by atoms with E-state index in [1.807, 2.05) is 30.2 Å². The number of carbonyl (C=O) groups is 1. The summed E-state index contributed by atoms with van der Waals surface area (Å²) in [7, 11) is 0. The average molecular weight is 418 g/mol. The van der Waals surface area contributed by atoms with Crippen LogP contribution in [0.5, 0.6) is 0 Å². The molecule has 5 nitrogen and oxygen atoms in total. The first-order valence-electron chi connectivity index (χ1n) is 9.97. The van der Waals surface area contributed by atoms with Gasteiger partial charge in [-0.05, 0) is 62.4 Å². The monoisotopic (exact) mass is 417 g/mol. The summed E-state index contributed by atoms with van der Waals surface area (Å²) in [6.07, 6.45) is 4.62. The van der Waals surface area contributed by atoms with Gasteiger partial charge in [0.15, 0.2) is 0 Å². The Bertz CT molecular complexity index is 891. The zero-order valence-electron chi connectivity index (χ0n) is 16.4. The molecule has 0 radical (unpaired) electrons. The molecule has 154 valence electrons. The molecule has 2 N–H and O–H groups in total. The van der Waals surface area contributed by atoms with Crippen LogP contribution in [0.15, 0.2) is 36.5 Å². The second kappa shape index (κ2) is 8.01. The van der Waals surface area contributed by atoms with E-state index >= 15 is 0 Å². The molecule has 1 amide bonds. The van der Waals surface area contributed by atoms with E-state index in [4.69, 9.17) is 11.6 Å². The first-order chi connectivity index (χ1) is 13.8. The topological polar surface area (TPSA) is 65.5 Å². The van der Waals surface area contributed by atoms with Crippen LogP contribution in [0.4, 0.5) is 4.39 Å². The predicted octanol–water partition coefficient (Wildman–Crippen LogP) is 3.47. The Balaban J connectivity index is 1.39. The molecule has 3 atom stereocenters. The van der Waals surface area contributed by atoms with Gasteiger partial charge in [0, 0.05) is 36.9 Å². The number of fused-ring (bicyclic) bond motifs is 2. The van der Waals surface area contributed by atoms with E-state index in [0.717, 1.165) is 24.1 Å². The number of nitrogens with one attached hydrogen (secondary N) is 1. The molecular weight excluding hydrogens is 393 g/mol. The van der Waals surface area contributed by atoms with Crippen LogP contribution in [-0.4, -0.2) is 45.1 Å². The molecule has 2 bridgehead atoms. The van der Waals surface area contributed by atoms with Gasteiger partial charge in [-0.15, -0.1) is 0 Å². The number of aromatic nitrogens is 1. The minimum absolute atomic E-state index is 0.0191. The number of rotatable bonds is 5. The number of aryl methyl sites for hydroxylation is 1. The minimum atomic E-state index is -0.853. The second-order valence-electron chi connectivity index (χ2n) is 8.29. The molecular formula is C22H25ClFN3O2. The minimum Gasteiger partial charge on any atom is -0.388 e. The lowest BCUT2D eigenvalue weighted by atomic mass is 9.85. The van der Waals surface area contributed by atoms with Crippen molar-refractivity contribution in [1.29, 1.82) is 0 Å². The molecule has 2 saturated heterocycles. The van der Waals surface area contributed by atoms with Crippen LogP contribution in [0, 0.1) is 12.7 Å². The number of halogens is 2. The number of amides is 1. The maximum absolute atomic E-state index is 13.4. The van der Waals surface area contributed by atoms with Crippen LogP contribution >= 0.6 is 11.6 Å². The molecule has 0 aliphatic carbocycles. The lowest BCUT2D eigenvalue weighted by Crippen LogP contribution is -2.56. The van der Waals surface area contributed by atoms with Gasteiger partial charge in [0.25, 0.3) is 5.91 Å². The number of carbonyl (C=O) groups excluding carboxylic acids is 1. The third kappa shape index (κ3) is 4.29. The average Bonchev–Trinajstić information content (AvgIpc) is 2.97. The van der Waals surface area contributed by atoms with E-state index in [1.165, 1.54) is 18.2 Å². The molecule has 2 aliphatic rings. The SMILES string of the molecule is Cc1ccc(CNCC2(O)C[C@H]3CC[C@@H](C2)N3C(=O)c2ccc(F)c(Cl)c2)nc1. The Hall–Kier alpha value is -2.02. The number of pyridine rings is 1. The normalized spacial score (nSPS) is 26.0. The van der Waals surface area contributed by atoms with Crippen LogP contribution in [0.2, 0.25) is 5.02 Å². The van der Waals surface area contributed by atoms with Crippen LogP contribution < -0.4 is 5.32 Å². The smallest absolute Gasteiger partial charge is 0.254 e. The van der Waals surface area contributed by atoms with E-state index < -0.39 is 11.4 Å². The number of hydrogen-bond acceptors (Lipinski definition) is 4. The zero-order valence-corrected chi connectivity index (χ0v) is 17.1. The molecule has 1 aromatic heterocycles. The van der Waals surface area contributed by atoms with Crippen LogP contribution in [0.25, 0.3) is 0 Å². The molecule has 1 unspecified atom stereocenters. The second-order valence-corrected chi connectivity index (χ2v) is 8.70. The summed E-state index contributed by atoms with van der Waals surface area (Å²) in [5.74, 6) is -0.674. The van der Waals surface area contributed by atoms with Gasteiger partial charge in [0.1, 0.15) is 5.82 Å². The molecule has 4 rings (SSSR count). The Morgan fingerprint density at radius 3 is 2.66 bits per heavy atom. The fourth-order valence-electron chi connectivity index (χ4n) is 4.60. The van der Waals surface area contributed by atoms with Crippen molar-refractivity contribution < 1.29 is 14.3 Å². The van der Waals surface area contributed by atoms with E-state index in [9.17, 15) is 14.3 Å². The summed E-state index contributed by atoms with van der Waals surface area (Å²) in [5, 5.41) is 14.4. The largest absolute Gasteiger partial charge is 0.388 e. The van der Waals surface area contributed by atoms with Gasteiger partial charge in [0.2, 0.25) is 0 Å². The van der Waals surface area contributed by atoms with Crippen molar-refractivity contribution in [2.75, 3.05) is 6.54 Å². The zero-order chi connectivity index (χ0) is 20.6. The number of piperidine rings is 1. The van der Waals surface area contributed by atoms with Crippen molar-refractivity contribution >= 4 is 17.5 Å². The van der Waals surface area contributed by atoms with Crippen molar-refractivity contribution in [2.24, 2.45) is 0 Å². The highest BCUT2D eigenvalue weighted by Crippen LogP contribution is 2.41. The molecule has 2 aliphatic heterocycles. The highest BCUT2D eigenvalue weighted by molar-refractivity contribution is 6.31. The van der Waals surface area contributed by atoms with Gasteiger partial charge >= 0.3 is 0 Å². The van der Waals surface area contributed by atoms with Crippen molar-refractivity contribution in [2.45, 2.75) is 56.8 Å². The van der Waals surface area contributed by atoms with E-state index in [2.05, 4.69) is 10.3 Å². The number of aliphatic hydroxyl groups is 1. The van der Waals surface area contributed by atoms with Crippen LogP contribution in [0.3, 0.4) is 0 Å². The fourth-order valence-corrected chi connectivity index (χ4v) is 4.78.